The second-order valence-corrected chi connectivity index (χ2v) is 7.58. The fourth-order valence-electron chi connectivity index (χ4n) is 2.61. The summed E-state index contributed by atoms with van der Waals surface area (Å²) in [6, 6.07) is 11.0. The molecule has 0 spiro atoms. The maximum Gasteiger partial charge on any atom is 0.279 e. The monoisotopic (exact) mass is 450 g/mol. The number of hydrogen-bond acceptors (Lipinski definition) is 5. The van der Waals surface area contributed by atoms with Crippen LogP contribution in [0.1, 0.15) is 10.4 Å². The summed E-state index contributed by atoms with van der Waals surface area (Å²) in [4.78, 5) is 17.8. The predicted octanol–water partition coefficient (Wildman–Crippen LogP) is 3.87. The molecule has 3 aromatic rings. The lowest BCUT2D eigenvalue weighted by atomic mass is 10.2. The van der Waals surface area contributed by atoms with E-state index in [0.717, 1.165) is 14.7 Å². The zero-order valence-electron chi connectivity index (χ0n) is 15.2. The van der Waals surface area contributed by atoms with Gasteiger partial charge in [0.1, 0.15) is 11.5 Å². The molecule has 0 aliphatic rings. The van der Waals surface area contributed by atoms with Crippen molar-refractivity contribution in [2.75, 3.05) is 27.9 Å². The number of hydrogen-bond donors (Lipinski definition) is 0. The molecule has 2 aromatic carbocycles. The molecule has 0 bridgehead atoms. The molecule has 8 heteroatoms. The fraction of sp³-hybridized carbons (Fsp3) is 0.263. The first-order valence-corrected chi connectivity index (χ1v) is 9.76. The molecule has 0 aliphatic carbocycles. The highest BCUT2D eigenvalue weighted by Gasteiger charge is 2.12. The topological polar surface area (TPSA) is 62.1 Å². The van der Waals surface area contributed by atoms with E-state index in [9.17, 15) is 4.79 Å². The van der Waals surface area contributed by atoms with E-state index in [-0.39, 0.29) is 5.91 Å². The molecule has 1 aromatic heterocycles. The molecule has 0 N–H and O–H groups in total. The highest BCUT2D eigenvalue weighted by Crippen LogP contribution is 2.24. The Morgan fingerprint density at radius 2 is 1.81 bits per heavy atom. The Hall–Kier alpha value is -2.16. The van der Waals surface area contributed by atoms with Crippen LogP contribution in [0.25, 0.3) is 10.2 Å². The Bertz CT molecular complexity index is 1020. The first-order chi connectivity index (χ1) is 13.0. The van der Waals surface area contributed by atoms with Crippen molar-refractivity contribution >= 4 is 43.4 Å². The second-order valence-electron chi connectivity index (χ2n) is 5.66. The van der Waals surface area contributed by atoms with E-state index < -0.39 is 0 Å². The summed E-state index contributed by atoms with van der Waals surface area (Å²) in [5, 5.41) is 0. The smallest absolute Gasteiger partial charge is 0.279 e. The molecule has 6 nitrogen and oxygen atoms in total. The first-order valence-electron chi connectivity index (χ1n) is 8.15. The zero-order valence-corrected chi connectivity index (χ0v) is 17.6. The van der Waals surface area contributed by atoms with Crippen LogP contribution in [0, 0.1) is 0 Å². The van der Waals surface area contributed by atoms with E-state index in [1.54, 1.807) is 39.5 Å². The molecular formula is C19H19BrN2O4S. The number of aromatic nitrogens is 1. The van der Waals surface area contributed by atoms with Gasteiger partial charge in [0.05, 0.1) is 31.0 Å². The summed E-state index contributed by atoms with van der Waals surface area (Å²) >= 11 is 4.94. The van der Waals surface area contributed by atoms with E-state index in [1.807, 2.05) is 22.8 Å². The number of benzene rings is 2. The van der Waals surface area contributed by atoms with Crippen LogP contribution < -0.4 is 14.3 Å². The van der Waals surface area contributed by atoms with E-state index in [1.165, 1.54) is 11.3 Å². The molecule has 0 aliphatic heterocycles. The molecule has 27 heavy (non-hydrogen) atoms. The predicted molar refractivity (Wildman–Crippen MR) is 109 cm³/mol. The van der Waals surface area contributed by atoms with Crippen molar-refractivity contribution in [2.45, 2.75) is 6.54 Å². The molecule has 0 atom stereocenters. The van der Waals surface area contributed by atoms with Crippen molar-refractivity contribution in [1.29, 1.82) is 0 Å². The van der Waals surface area contributed by atoms with Crippen molar-refractivity contribution in [3.63, 3.8) is 0 Å². The van der Waals surface area contributed by atoms with E-state index in [0.29, 0.717) is 35.0 Å². The molecule has 1 amide bonds. The van der Waals surface area contributed by atoms with Crippen LogP contribution in [0.4, 0.5) is 0 Å². The molecule has 0 fully saturated rings. The number of halogens is 1. The third-order valence-corrected chi connectivity index (χ3v) is 5.49. The van der Waals surface area contributed by atoms with Gasteiger partial charge in [0, 0.05) is 29.8 Å². The Morgan fingerprint density at radius 1 is 1.11 bits per heavy atom. The van der Waals surface area contributed by atoms with Gasteiger partial charge < -0.3 is 18.8 Å². The molecule has 1 heterocycles. The quantitative estimate of drug-likeness (QED) is 0.571. The van der Waals surface area contributed by atoms with Gasteiger partial charge in [-0.3, -0.25) is 4.79 Å². The number of methoxy groups -OCH3 is 3. The van der Waals surface area contributed by atoms with Gasteiger partial charge >= 0.3 is 0 Å². The fourth-order valence-corrected chi connectivity index (χ4v) is 4.22. The highest BCUT2D eigenvalue weighted by atomic mass is 79.9. The molecular weight excluding hydrogens is 432 g/mol. The molecule has 3 rings (SSSR count). The number of carbonyl (C=O) groups is 1. The number of carbonyl (C=O) groups excluding carboxylic acids is 1. The Balaban J connectivity index is 2.10. The van der Waals surface area contributed by atoms with Crippen LogP contribution in [0.2, 0.25) is 0 Å². The maximum atomic E-state index is 12.8. The Labute approximate surface area is 169 Å². The minimum absolute atomic E-state index is 0.357. The summed E-state index contributed by atoms with van der Waals surface area (Å²) in [7, 11) is 4.74. The third kappa shape index (κ3) is 4.40. The highest BCUT2D eigenvalue weighted by molar-refractivity contribution is 9.10. The van der Waals surface area contributed by atoms with Crippen molar-refractivity contribution in [1.82, 2.24) is 4.57 Å². The zero-order chi connectivity index (χ0) is 19.4. The van der Waals surface area contributed by atoms with Crippen LogP contribution in [0.5, 0.6) is 11.5 Å². The van der Waals surface area contributed by atoms with Crippen molar-refractivity contribution < 1.29 is 19.0 Å². The summed E-state index contributed by atoms with van der Waals surface area (Å²) in [6.45, 7) is 1.13. The summed E-state index contributed by atoms with van der Waals surface area (Å²) in [6.07, 6.45) is 0. The van der Waals surface area contributed by atoms with Crippen molar-refractivity contribution in [3.05, 3.63) is 51.2 Å². The SMILES string of the molecule is COCCn1c(=NC(=O)c2cc(OC)cc(OC)c2)sc2cc(Br)ccc21. The normalized spacial score (nSPS) is 11.8. The molecule has 0 saturated heterocycles. The lowest BCUT2D eigenvalue weighted by Gasteiger charge is -2.06. The molecule has 0 unspecified atom stereocenters. The van der Waals surface area contributed by atoms with Gasteiger partial charge in [-0.1, -0.05) is 27.3 Å². The third-order valence-electron chi connectivity index (χ3n) is 3.96. The molecule has 0 radical (unpaired) electrons. The minimum Gasteiger partial charge on any atom is -0.497 e. The van der Waals surface area contributed by atoms with Gasteiger partial charge in [-0.05, 0) is 30.3 Å². The summed E-state index contributed by atoms with van der Waals surface area (Å²) < 4.78 is 19.7. The number of fused-ring (bicyclic) bond motifs is 1. The van der Waals surface area contributed by atoms with Gasteiger partial charge in [-0.15, -0.1) is 0 Å². The second kappa shape index (κ2) is 8.69. The van der Waals surface area contributed by atoms with Crippen LogP contribution in [-0.2, 0) is 11.3 Å². The van der Waals surface area contributed by atoms with Gasteiger partial charge in [-0.25, -0.2) is 0 Å². The van der Waals surface area contributed by atoms with Crippen LogP contribution in [0.15, 0.2) is 45.9 Å². The van der Waals surface area contributed by atoms with Crippen LogP contribution in [0.3, 0.4) is 0 Å². The maximum absolute atomic E-state index is 12.8. The van der Waals surface area contributed by atoms with Crippen molar-refractivity contribution in [2.24, 2.45) is 4.99 Å². The minimum atomic E-state index is -0.357. The number of rotatable bonds is 6. The van der Waals surface area contributed by atoms with Gasteiger partial charge in [0.15, 0.2) is 4.80 Å². The molecule has 0 saturated carbocycles. The van der Waals surface area contributed by atoms with E-state index in [4.69, 9.17) is 14.2 Å². The van der Waals surface area contributed by atoms with Crippen LogP contribution in [-0.4, -0.2) is 38.4 Å². The molecule has 142 valence electrons. The first kappa shape index (κ1) is 19.6. The largest absolute Gasteiger partial charge is 0.497 e. The van der Waals surface area contributed by atoms with E-state index >= 15 is 0 Å². The lowest BCUT2D eigenvalue weighted by molar-refractivity contribution is 0.0996. The average molecular weight is 451 g/mol. The van der Waals surface area contributed by atoms with Crippen molar-refractivity contribution in [3.8, 4) is 11.5 Å². The summed E-state index contributed by atoms with van der Waals surface area (Å²) in [5.74, 6) is 0.727. The standard InChI is InChI=1S/C19H19BrN2O4S/c1-24-7-6-22-16-5-4-13(20)10-17(16)27-19(22)21-18(23)12-8-14(25-2)11-15(9-12)26-3/h4-5,8-11H,6-7H2,1-3H3. The number of ether oxygens (including phenoxy) is 3. The Morgan fingerprint density at radius 3 is 2.44 bits per heavy atom. The number of thiazole rings is 1. The lowest BCUT2D eigenvalue weighted by Crippen LogP contribution is -2.19. The number of amides is 1. The van der Waals surface area contributed by atoms with Gasteiger partial charge in [-0.2, -0.15) is 4.99 Å². The summed E-state index contributed by atoms with van der Waals surface area (Å²) in [5.41, 5.74) is 1.41. The van der Waals surface area contributed by atoms with Gasteiger partial charge in [0.2, 0.25) is 0 Å². The Kier molecular flexibility index (Phi) is 6.30. The van der Waals surface area contributed by atoms with Gasteiger partial charge in [0.25, 0.3) is 5.91 Å². The average Bonchev–Trinajstić information content (AvgIpc) is 3.01. The number of nitrogens with zero attached hydrogens (tertiary/aromatic N) is 2. The van der Waals surface area contributed by atoms with Crippen LogP contribution >= 0.6 is 27.3 Å². The van der Waals surface area contributed by atoms with E-state index in [2.05, 4.69) is 20.9 Å².